The molecule has 0 amide bonds. The summed E-state index contributed by atoms with van der Waals surface area (Å²) in [4.78, 5) is -0.259. The Hall–Kier alpha value is -2.56. The number of unbranched alkanes of at least 4 members (excludes halogenated alkanes) is 1. The van der Waals surface area contributed by atoms with Crippen molar-refractivity contribution in [2.24, 2.45) is 19.3 Å². The Labute approximate surface area is 198 Å². The van der Waals surface area contributed by atoms with Gasteiger partial charge in [-0.15, -0.1) is 0 Å². The summed E-state index contributed by atoms with van der Waals surface area (Å²) in [5.41, 5.74) is 0. The second-order valence-electron chi connectivity index (χ2n) is 6.88. The van der Waals surface area contributed by atoms with Gasteiger partial charge in [0.05, 0.1) is 21.3 Å². The van der Waals surface area contributed by atoms with Gasteiger partial charge in [0.15, 0.2) is 31.4 Å². The summed E-state index contributed by atoms with van der Waals surface area (Å²) in [6, 6.07) is 14.3. The van der Waals surface area contributed by atoms with E-state index in [0.29, 0.717) is 0 Å². The number of hydrogen-bond donors (Lipinski definition) is 0. The van der Waals surface area contributed by atoms with E-state index in [1.54, 1.807) is 12.1 Å². The first-order chi connectivity index (χ1) is 15.8. The normalized spacial score (nSPS) is 13.5. The monoisotopic (exact) mass is 550 g/mol. The summed E-state index contributed by atoms with van der Waals surface area (Å²) in [6.07, 6.45) is -0.0794. The highest BCUT2D eigenvalue weighted by atomic mass is 32.2. The average molecular weight is 551 g/mol. The first kappa shape index (κ1) is 27.7. The third kappa shape index (κ3) is 9.36. The Kier molecular flexibility index (Phi) is 9.54. The van der Waals surface area contributed by atoms with E-state index in [0.717, 1.165) is 0 Å². The highest BCUT2D eigenvalue weighted by molar-refractivity contribution is 7.92. The number of hydrogen-bond acceptors (Lipinski definition) is 10. The first-order valence-corrected chi connectivity index (χ1v) is 16.1. The lowest BCUT2D eigenvalue weighted by Gasteiger charge is -2.02. The van der Waals surface area contributed by atoms with Gasteiger partial charge in [-0.05, 0) is 37.1 Å². The maximum atomic E-state index is 12.0. The molecule has 186 valence electrons. The molecule has 0 saturated carbocycles. The highest BCUT2D eigenvalue weighted by Crippen LogP contribution is 2.13. The quantitative estimate of drug-likeness (QED) is 0.268. The largest absolute Gasteiger partial charge is 0.299 e. The van der Waals surface area contributed by atoms with Gasteiger partial charge in [0.2, 0.25) is 0 Å². The van der Waals surface area contributed by atoms with Crippen LogP contribution in [0.3, 0.4) is 0 Å². The van der Waals surface area contributed by atoms with Crippen molar-refractivity contribution in [3.8, 4) is 0 Å². The van der Waals surface area contributed by atoms with Crippen LogP contribution in [0.25, 0.3) is 0 Å². The zero-order valence-electron chi connectivity index (χ0n) is 17.7. The van der Waals surface area contributed by atoms with Crippen LogP contribution in [0.1, 0.15) is 12.8 Å². The van der Waals surface area contributed by atoms with E-state index >= 15 is 0 Å². The van der Waals surface area contributed by atoms with E-state index < -0.39 is 63.0 Å². The van der Waals surface area contributed by atoms with Crippen molar-refractivity contribution in [2.75, 3.05) is 23.3 Å². The smallest absolute Gasteiger partial charge is 0.227 e. The van der Waals surface area contributed by atoms with Gasteiger partial charge >= 0.3 is 0 Å². The van der Waals surface area contributed by atoms with Gasteiger partial charge in [-0.25, -0.2) is 16.8 Å². The van der Waals surface area contributed by atoms with E-state index in [1.165, 1.54) is 48.5 Å². The number of sulfonamides is 2. The molecular formula is C18H22N4O8S4. The molecule has 16 heteroatoms. The van der Waals surface area contributed by atoms with Crippen LogP contribution >= 0.6 is 0 Å². The topological polar surface area (TPSA) is 186 Å². The second-order valence-corrected chi connectivity index (χ2v) is 14.4. The predicted molar refractivity (Wildman–Crippen MR) is 124 cm³/mol. The summed E-state index contributed by atoms with van der Waals surface area (Å²) in [6.45, 7) is 0. The zero-order chi connectivity index (χ0) is 25.3. The van der Waals surface area contributed by atoms with E-state index in [-0.39, 0.29) is 22.6 Å². The summed E-state index contributed by atoms with van der Waals surface area (Å²) in [5, 5.41) is 6.51. The van der Waals surface area contributed by atoms with Crippen LogP contribution in [-0.2, 0) is 39.7 Å². The molecular weight excluding hydrogens is 528 g/mol. The van der Waals surface area contributed by atoms with Crippen molar-refractivity contribution < 1.29 is 33.7 Å². The van der Waals surface area contributed by atoms with Crippen LogP contribution in [0.15, 0.2) is 89.7 Å². The van der Waals surface area contributed by atoms with E-state index in [9.17, 15) is 33.7 Å². The Bertz CT molecular complexity index is 1320. The molecule has 12 nitrogen and oxygen atoms in total. The minimum atomic E-state index is -4.11. The minimum Gasteiger partial charge on any atom is -0.227 e. The molecule has 0 radical (unpaired) electrons. The summed E-state index contributed by atoms with van der Waals surface area (Å²) in [7, 11) is -15.8. The summed E-state index contributed by atoms with van der Waals surface area (Å²) < 4.78 is 102. The van der Waals surface area contributed by atoms with E-state index in [2.05, 4.69) is 19.3 Å². The average Bonchev–Trinajstić information content (AvgIpc) is 2.77. The van der Waals surface area contributed by atoms with Crippen LogP contribution < -0.4 is 0 Å². The van der Waals surface area contributed by atoms with E-state index in [1.807, 2.05) is 0 Å². The second kappa shape index (κ2) is 11.7. The van der Waals surface area contributed by atoms with Crippen molar-refractivity contribution in [3.63, 3.8) is 0 Å². The molecule has 0 aliphatic rings. The van der Waals surface area contributed by atoms with Crippen LogP contribution in [0.2, 0.25) is 0 Å². The van der Waals surface area contributed by atoms with Gasteiger partial charge in [0, 0.05) is 0 Å². The standard InChI is InChI=1S/C18H22N4O8S4/c23-31(24,15-19-21-33(27,28)17-9-3-1-4-10-17)13-7-8-14-32(25,26)16-20-22-34(29,30)18-11-5-2-6-12-18/h1-6,9-12H,7-8,13-16H2/b21-19+,22-20+. The van der Waals surface area contributed by atoms with Gasteiger partial charge in [0.25, 0.3) is 20.0 Å². The maximum absolute atomic E-state index is 12.0. The molecule has 0 fully saturated rings. The minimum absolute atomic E-state index is 0.0397. The van der Waals surface area contributed by atoms with Crippen molar-refractivity contribution >= 4 is 39.7 Å². The lowest BCUT2D eigenvalue weighted by Crippen LogP contribution is -2.13. The van der Waals surface area contributed by atoms with Gasteiger partial charge in [0.1, 0.15) is 0 Å². The zero-order valence-corrected chi connectivity index (χ0v) is 21.0. The Morgan fingerprint density at radius 2 is 0.824 bits per heavy atom. The number of benzene rings is 2. The first-order valence-electron chi connectivity index (χ1n) is 9.62. The Morgan fingerprint density at radius 3 is 1.15 bits per heavy atom. The van der Waals surface area contributed by atoms with Gasteiger partial charge in [-0.1, -0.05) is 45.4 Å². The van der Waals surface area contributed by atoms with Crippen molar-refractivity contribution in [1.29, 1.82) is 0 Å². The SMILES string of the molecule is O=S(=O)(CCCCS(=O)(=O)C/N=N/S(=O)(=O)c1ccccc1)C/N=N/S(=O)(=O)c1ccccc1. The molecule has 34 heavy (non-hydrogen) atoms. The van der Waals surface area contributed by atoms with Crippen LogP contribution in [0.5, 0.6) is 0 Å². The molecule has 0 spiro atoms. The third-order valence-corrected chi connectivity index (χ3v) is 9.32. The van der Waals surface area contributed by atoms with Gasteiger partial charge in [-0.3, -0.25) is 0 Å². The molecule has 0 aliphatic carbocycles. The lowest BCUT2D eigenvalue weighted by molar-refractivity contribution is 0.582. The third-order valence-electron chi connectivity index (χ3n) is 4.08. The molecule has 0 aromatic heterocycles. The Morgan fingerprint density at radius 1 is 0.500 bits per heavy atom. The number of rotatable bonds is 13. The molecule has 0 saturated heterocycles. The molecule has 0 N–H and O–H groups in total. The van der Waals surface area contributed by atoms with Crippen molar-refractivity contribution in [3.05, 3.63) is 60.7 Å². The molecule has 2 aromatic carbocycles. The summed E-state index contributed by atoms with van der Waals surface area (Å²) >= 11 is 0. The predicted octanol–water partition coefficient (Wildman–Crippen LogP) is 2.19. The molecule has 0 heterocycles. The van der Waals surface area contributed by atoms with Crippen molar-refractivity contribution in [1.82, 2.24) is 0 Å². The summed E-state index contributed by atoms with van der Waals surface area (Å²) in [5.74, 6) is -2.59. The highest BCUT2D eigenvalue weighted by Gasteiger charge is 2.17. The molecule has 0 bridgehead atoms. The molecule has 2 aromatic rings. The maximum Gasteiger partial charge on any atom is 0.299 e. The fourth-order valence-electron chi connectivity index (χ4n) is 2.43. The molecule has 2 rings (SSSR count). The lowest BCUT2D eigenvalue weighted by atomic mass is 10.4. The number of sulfone groups is 2. The van der Waals surface area contributed by atoms with Crippen LogP contribution in [0, 0.1) is 0 Å². The fourth-order valence-corrected chi connectivity index (χ4v) is 6.20. The van der Waals surface area contributed by atoms with Crippen LogP contribution in [-0.4, -0.2) is 56.9 Å². The molecule has 0 atom stereocenters. The van der Waals surface area contributed by atoms with Gasteiger partial charge < -0.3 is 0 Å². The molecule has 0 unspecified atom stereocenters. The van der Waals surface area contributed by atoms with Crippen LogP contribution in [0.4, 0.5) is 0 Å². The van der Waals surface area contributed by atoms with Gasteiger partial charge in [-0.2, -0.15) is 27.1 Å². The number of nitrogens with zero attached hydrogens (tertiary/aromatic N) is 4. The fraction of sp³-hybridized carbons (Fsp3) is 0.333. The Balaban J connectivity index is 1.80. The molecule has 0 aliphatic heterocycles. The van der Waals surface area contributed by atoms with E-state index in [4.69, 9.17) is 0 Å². The van der Waals surface area contributed by atoms with Crippen molar-refractivity contribution in [2.45, 2.75) is 22.6 Å².